The quantitative estimate of drug-likeness (QED) is 0.590. The summed E-state index contributed by atoms with van der Waals surface area (Å²) >= 11 is 1.34. The van der Waals surface area contributed by atoms with Gasteiger partial charge in [-0.3, -0.25) is 14.5 Å². The largest absolute Gasteiger partial charge is 0.351 e. The highest BCUT2D eigenvalue weighted by Crippen LogP contribution is 2.28. The van der Waals surface area contributed by atoms with Crippen molar-refractivity contribution in [1.82, 2.24) is 15.1 Å². The van der Waals surface area contributed by atoms with E-state index >= 15 is 0 Å². The molecule has 2 N–H and O–H groups in total. The number of hydrogen-bond donors (Lipinski definition) is 2. The molecule has 0 radical (unpaired) electrons. The van der Waals surface area contributed by atoms with E-state index in [4.69, 9.17) is 0 Å². The fraction of sp³-hybridized carbons (Fsp3) is 0.520. The van der Waals surface area contributed by atoms with Crippen molar-refractivity contribution in [1.29, 1.82) is 0 Å². The van der Waals surface area contributed by atoms with E-state index in [1.807, 2.05) is 33.8 Å². The highest BCUT2D eigenvalue weighted by Gasteiger charge is 2.23. The van der Waals surface area contributed by atoms with Crippen molar-refractivity contribution in [3.05, 3.63) is 52.4 Å². The molecule has 2 heterocycles. The van der Waals surface area contributed by atoms with Crippen molar-refractivity contribution in [3.63, 3.8) is 0 Å². The van der Waals surface area contributed by atoms with Gasteiger partial charge in [-0.2, -0.15) is 0 Å². The number of hydrogen-bond acceptors (Lipinski definition) is 5. The van der Waals surface area contributed by atoms with Crippen LogP contribution in [-0.2, 0) is 11.3 Å². The second kappa shape index (κ2) is 11.1. The number of thiophene rings is 1. The van der Waals surface area contributed by atoms with Crippen molar-refractivity contribution < 1.29 is 9.59 Å². The van der Waals surface area contributed by atoms with Crippen LogP contribution in [0.4, 0.5) is 5.00 Å². The number of rotatable bonds is 8. The third-order valence-corrected chi connectivity index (χ3v) is 6.84. The van der Waals surface area contributed by atoms with Gasteiger partial charge in [0.15, 0.2) is 0 Å². The van der Waals surface area contributed by atoms with Crippen LogP contribution < -0.4 is 10.6 Å². The average Bonchev–Trinajstić information content (AvgIpc) is 3.12. The fourth-order valence-corrected chi connectivity index (χ4v) is 4.65. The summed E-state index contributed by atoms with van der Waals surface area (Å²) in [5, 5.41) is 6.68. The minimum Gasteiger partial charge on any atom is -0.351 e. The zero-order valence-electron chi connectivity index (χ0n) is 19.7. The third-order valence-electron chi connectivity index (χ3n) is 5.69. The van der Waals surface area contributed by atoms with Gasteiger partial charge in [0.1, 0.15) is 0 Å². The Morgan fingerprint density at radius 2 is 1.69 bits per heavy atom. The molecule has 2 amide bonds. The van der Waals surface area contributed by atoms with E-state index in [0.717, 1.165) is 56.3 Å². The van der Waals surface area contributed by atoms with E-state index in [9.17, 15) is 9.59 Å². The molecule has 1 aromatic carbocycles. The topological polar surface area (TPSA) is 64.7 Å². The maximum absolute atomic E-state index is 12.6. The molecular formula is C25H36N4O2S. The molecule has 1 aromatic heterocycles. The Labute approximate surface area is 196 Å². The second-order valence-corrected chi connectivity index (χ2v) is 10.6. The van der Waals surface area contributed by atoms with Crippen LogP contribution in [0.5, 0.6) is 0 Å². The van der Waals surface area contributed by atoms with E-state index < -0.39 is 5.41 Å². The number of nitrogens with one attached hydrogen (secondary N) is 2. The van der Waals surface area contributed by atoms with Crippen LogP contribution >= 0.6 is 11.3 Å². The number of carbonyl (C=O) groups excluding carboxylic acids is 2. The second-order valence-electron chi connectivity index (χ2n) is 9.54. The first-order chi connectivity index (χ1) is 15.2. The molecule has 0 saturated carbocycles. The van der Waals surface area contributed by atoms with Crippen molar-refractivity contribution >= 4 is 28.2 Å². The SMILES string of the molecule is Cc1cc(NC(=O)C(C)(C)C)sc1C(=O)NCCCN1CCN(Cc2ccccc2)CC1. The minimum absolute atomic E-state index is 0.0467. The number of benzene rings is 1. The number of piperazine rings is 1. The molecule has 1 aliphatic rings. The summed E-state index contributed by atoms with van der Waals surface area (Å²) in [4.78, 5) is 30.4. The smallest absolute Gasteiger partial charge is 0.261 e. The number of anilines is 1. The van der Waals surface area contributed by atoms with Crippen LogP contribution in [0.25, 0.3) is 0 Å². The Morgan fingerprint density at radius 3 is 2.34 bits per heavy atom. The van der Waals surface area contributed by atoms with Gasteiger partial charge >= 0.3 is 0 Å². The fourth-order valence-electron chi connectivity index (χ4n) is 3.67. The predicted molar refractivity (Wildman–Crippen MR) is 132 cm³/mol. The molecule has 1 saturated heterocycles. The van der Waals surface area contributed by atoms with Gasteiger partial charge in [-0.15, -0.1) is 11.3 Å². The van der Waals surface area contributed by atoms with Gasteiger partial charge in [-0.25, -0.2) is 0 Å². The summed E-state index contributed by atoms with van der Waals surface area (Å²) < 4.78 is 0. The van der Waals surface area contributed by atoms with E-state index in [1.54, 1.807) is 0 Å². The standard InChI is InChI=1S/C25H36N4O2S/c1-19-17-21(27-24(31)25(2,3)4)32-22(19)23(30)26-11-8-12-28-13-15-29(16-14-28)18-20-9-6-5-7-10-20/h5-7,9-10,17H,8,11-16,18H2,1-4H3,(H,26,30)(H,27,31). The van der Waals surface area contributed by atoms with Gasteiger partial charge in [0.05, 0.1) is 9.88 Å². The molecular weight excluding hydrogens is 420 g/mol. The lowest BCUT2D eigenvalue weighted by Gasteiger charge is -2.34. The normalized spacial score (nSPS) is 15.5. The van der Waals surface area contributed by atoms with E-state index in [1.165, 1.54) is 16.9 Å². The highest BCUT2D eigenvalue weighted by atomic mass is 32.1. The predicted octanol–water partition coefficient (Wildman–Crippen LogP) is 3.98. The van der Waals surface area contributed by atoms with Gasteiger partial charge in [-0.05, 0) is 37.1 Å². The molecule has 0 atom stereocenters. The summed E-state index contributed by atoms with van der Waals surface area (Å²) in [5.74, 6) is -0.106. The lowest BCUT2D eigenvalue weighted by atomic mass is 9.96. The van der Waals surface area contributed by atoms with Crippen molar-refractivity contribution in [3.8, 4) is 0 Å². The molecule has 0 bridgehead atoms. The highest BCUT2D eigenvalue weighted by molar-refractivity contribution is 7.18. The molecule has 0 aliphatic carbocycles. The van der Waals surface area contributed by atoms with Gasteiger partial charge in [0.2, 0.25) is 5.91 Å². The molecule has 7 heteroatoms. The number of amides is 2. The zero-order chi connectivity index (χ0) is 23.1. The van der Waals surface area contributed by atoms with Crippen LogP contribution in [-0.4, -0.2) is 60.9 Å². The molecule has 6 nitrogen and oxygen atoms in total. The molecule has 3 rings (SSSR count). The van der Waals surface area contributed by atoms with Gasteiger partial charge in [0, 0.05) is 44.7 Å². The van der Waals surface area contributed by atoms with Crippen LogP contribution in [0.15, 0.2) is 36.4 Å². The summed E-state index contributed by atoms with van der Waals surface area (Å²) in [5.41, 5.74) is 1.80. The Bertz CT molecular complexity index is 896. The van der Waals surface area contributed by atoms with Gasteiger partial charge < -0.3 is 15.5 Å². The maximum Gasteiger partial charge on any atom is 0.261 e. The maximum atomic E-state index is 12.6. The molecule has 0 spiro atoms. The van der Waals surface area contributed by atoms with E-state index in [-0.39, 0.29) is 11.8 Å². The number of aryl methyl sites for hydroxylation is 1. The van der Waals surface area contributed by atoms with Crippen LogP contribution in [0.1, 0.15) is 48.0 Å². The molecule has 174 valence electrons. The van der Waals surface area contributed by atoms with Crippen LogP contribution in [0.2, 0.25) is 0 Å². The zero-order valence-corrected chi connectivity index (χ0v) is 20.6. The van der Waals surface area contributed by atoms with Crippen molar-refractivity contribution in [2.45, 2.75) is 40.7 Å². The average molecular weight is 457 g/mol. The van der Waals surface area contributed by atoms with Crippen LogP contribution in [0.3, 0.4) is 0 Å². The van der Waals surface area contributed by atoms with Crippen molar-refractivity contribution in [2.24, 2.45) is 5.41 Å². The first-order valence-electron chi connectivity index (χ1n) is 11.4. The molecule has 32 heavy (non-hydrogen) atoms. The third kappa shape index (κ3) is 7.15. The lowest BCUT2D eigenvalue weighted by Crippen LogP contribution is -2.46. The summed E-state index contributed by atoms with van der Waals surface area (Å²) in [7, 11) is 0. The summed E-state index contributed by atoms with van der Waals surface area (Å²) in [6.07, 6.45) is 0.933. The van der Waals surface area contributed by atoms with E-state index in [2.05, 4.69) is 50.8 Å². The molecule has 0 unspecified atom stereocenters. The molecule has 1 fully saturated rings. The Morgan fingerprint density at radius 1 is 1.03 bits per heavy atom. The Balaban J connectivity index is 1.35. The van der Waals surface area contributed by atoms with Crippen molar-refractivity contribution in [2.75, 3.05) is 44.6 Å². The van der Waals surface area contributed by atoms with Gasteiger partial charge in [-0.1, -0.05) is 51.1 Å². The first kappa shape index (κ1) is 24.4. The number of carbonyl (C=O) groups is 2. The van der Waals surface area contributed by atoms with E-state index in [0.29, 0.717) is 11.4 Å². The minimum atomic E-state index is -0.465. The van der Waals surface area contributed by atoms with Crippen LogP contribution in [0, 0.1) is 12.3 Å². The monoisotopic (exact) mass is 456 g/mol. The summed E-state index contributed by atoms with van der Waals surface area (Å²) in [6.45, 7) is 14.5. The Kier molecular flexibility index (Phi) is 8.45. The van der Waals surface area contributed by atoms with Gasteiger partial charge in [0.25, 0.3) is 5.91 Å². The summed E-state index contributed by atoms with van der Waals surface area (Å²) in [6, 6.07) is 12.5. The molecule has 2 aromatic rings. The lowest BCUT2D eigenvalue weighted by molar-refractivity contribution is -0.123. The molecule has 1 aliphatic heterocycles. The number of nitrogens with zero attached hydrogens (tertiary/aromatic N) is 2. The Hall–Kier alpha value is -2.22. The first-order valence-corrected chi connectivity index (χ1v) is 12.2.